The Morgan fingerprint density at radius 1 is 1.30 bits per heavy atom. The second kappa shape index (κ2) is 3.16. The van der Waals surface area contributed by atoms with Gasteiger partial charge < -0.3 is 0 Å². The van der Waals surface area contributed by atoms with Crippen molar-refractivity contribution >= 4 is 6.08 Å². The van der Waals surface area contributed by atoms with Gasteiger partial charge in [-0.15, -0.1) is 0 Å². The smallest absolute Gasteiger partial charge is 0.101 e. The summed E-state index contributed by atoms with van der Waals surface area (Å²) in [5, 5.41) is 0. The minimum atomic E-state index is -0.411. The Balaban J connectivity index is 2.87. The summed E-state index contributed by atoms with van der Waals surface area (Å²) in [6.07, 6.45) is 1.39. The molecule has 0 amide bonds. The van der Waals surface area contributed by atoms with Crippen molar-refractivity contribution in [3.05, 3.63) is 48.6 Å². The van der Waals surface area contributed by atoms with E-state index in [-0.39, 0.29) is 0 Å². The van der Waals surface area contributed by atoms with Crippen LogP contribution in [-0.2, 0) is 0 Å². The molecule has 0 bridgehead atoms. The molecular formula is C9H8F. The second-order valence-corrected chi connectivity index (χ2v) is 2.00. The van der Waals surface area contributed by atoms with E-state index in [0.717, 1.165) is 5.56 Å². The van der Waals surface area contributed by atoms with Crippen LogP contribution in [0.25, 0.3) is 6.08 Å². The molecular weight excluding hydrogens is 127 g/mol. The molecule has 0 spiro atoms. The predicted molar refractivity (Wildman–Crippen MR) is 40.9 cm³/mol. The molecule has 0 aliphatic heterocycles. The highest BCUT2D eigenvalue weighted by Gasteiger charge is 1.85. The second-order valence-electron chi connectivity index (χ2n) is 2.00. The largest absolute Gasteiger partial charge is 0.212 e. The maximum absolute atomic E-state index is 12.1. The summed E-state index contributed by atoms with van der Waals surface area (Å²) in [6, 6.07) is 9.25. The van der Waals surface area contributed by atoms with Gasteiger partial charge in [0.05, 0.1) is 0 Å². The summed E-state index contributed by atoms with van der Waals surface area (Å²) >= 11 is 0. The van der Waals surface area contributed by atoms with Crippen LogP contribution < -0.4 is 0 Å². The maximum atomic E-state index is 12.1. The van der Waals surface area contributed by atoms with Crippen LogP contribution >= 0.6 is 0 Å². The normalized spacial score (nSPS) is 11.6. The van der Waals surface area contributed by atoms with E-state index >= 15 is 0 Å². The van der Waals surface area contributed by atoms with Gasteiger partial charge in [-0.25, -0.2) is 4.39 Å². The summed E-state index contributed by atoms with van der Waals surface area (Å²) in [7, 11) is 0. The van der Waals surface area contributed by atoms with E-state index in [1.807, 2.05) is 30.3 Å². The minimum Gasteiger partial charge on any atom is -0.212 e. The molecule has 1 heteroatoms. The fourth-order valence-corrected chi connectivity index (χ4v) is 0.730. The first kappa shape index (κ1) is 7.00. The van der Waals surface area contributed by atoms with E-state index in [1.165, 1.54) is 6.08 Å². The highest BCUT2D eigenvalue weighted by atomic mass is 19.1. The maximum Gasteiger partial charge on any atom is 0.101 e. The molecule has 0 aromatic heterocycles. The van der Waals surface area contributed by atoms with Crippen LogP contribution in [-0.4, -0.2) is 0 Å². The molecule has 0 heterocycles. The lowest BCUT2D eigenvalue weighted by molar-refractivity contribution is 0.673. The molecule has 0 N–H and O–H groups in total. The molecule has 1 rings (SSSR count). The quantitative estimate of drug-likeness (QED) is 0.555. The van der Waals surface area contributed by atoms with Gasteiger partial charge in [-0.3, -0.25) is 0 Å². The number of rotatable bonds is 1. The fourth-order valence-electron chi connectivity index (χ4n) is 0.730. The van der Waals surface area contributed by atoms with E-state index in [4.69, 9.17) is 0 Å². The Labute approximate surface area is 60.0 Å². The first-order chi connectivity index (χ1) is 4.79. The zero-order valence-electron chi connectivity index (χ0n) is 5.55. The molecule has 0 saturated carbocycles. The van der Waals surface area contributed by atoms with Gasteiger partial charge in [0.1, 0.15) is 5.83 Å². The van der Waals surface area contributed by atoms with Crippen LogP contribution in [0.2, 0.25) is 0 Å². The Bertz CT molecular complexity index is 220. The molecule has 1 radical (unpaired) electrons. The topological polar surface area (TPSA) is 0 Å². The van der Waals surface area contributed by atoms with Crippen molar-refractivity contribution in [2.75, 3.05) is 0 Å². The summed E-state index contributed by atoms with van der Waals surface area (Å²) in [6.45, 7) is 3.13. The van der Waals surface area contributed by atoms with Gasteiger partial charge in [0.25, 0.3) is 0 Å². The number of hydrogen-bond donors (Lipinski definition) is 0. The summed E-state index contributed by atoms with van der Waals surface area (Å²) < 4.78 is 12.1. The lowest BCUT2D eigenvalue weighted by atomic mass is 10.2. The van der Waals surface area contributed by atoms with Crippen molar-refractivity contribution in [3.63, 3.8) is 0 Å². The van der Waals surface area contributed by atoms with E-state index in [1.54, 1.807) is 0 Å². The average Bonchev–Trinajstić information content (AvgIpc) is 1.88. The van der Waals surface area contributed by atoms with Crippen molar-refractivity contribution in [1.29, 1.82) is 0 Å². The molecule has 0 unspecified atom stereocenters. The van der Waals surface area contributed by atoms with Crippen LogP contribution in [0.4, 0.5) is 4.39 Å². The van der Waals surface area contributed by atoms with Crippen molar-refractivity contribution in [2.24, 2.45) is 0 Å². The van der Waals surface area contributed by atoms with Gasteiger partial charge in [0.2, 0.25) is 0 Å². The minimum absolute atomic E-state index is 0.411. The van der Waals surface area contributed by atoms with E-state index in [2.05, 4.69) is 6.92 Å². The SMILES string of the molecule is [CH2]C(F)=Cc1ccccc1. The Kier molecular flexibility index (Phi) is 2.21. The van der Waals surface area contributed by atoms with Crippen LogP contribution in [0.1, 0.15) is 5.56 Å². The van der Waals surface area contributed by atoms with Crippen molar-refractivity contribution in [2.45, 2.75) is 0 Å². The molecule has 1 aromatic rings. The molecule has 1 aromatic carbocycles. The van der Waals surface area contributed by atoms with Gasteiger partial charge in [-0.05, 0) is 11.6 Å². The Morgan fingerprint density at radius 3 is 2.40 bits per heavy atom. The molecule has 0 fully saturated rings. The van der Waals surface area contributed by atoms with Gasteiger partial charge in [-0.1, -0.05) is 30.3 Å². The van der Waals surface area contributed by atoms with Crippen LogP contribution in [0, 0.1) is 6.92 Å². The molecule has 0 saturated heterocycles. The molecule has 0 atom stereocenters. The highest BCUT2D eigenvalue weighted by Crippen LogP contribution is 2.05. The van der Waals surface area contributed by atoms with Gasteiger partial charge in [0.15, 0.2) is 0 Å². The number of halogens is 1. The molecule has 0 aliphatic carbocycles. The van der Waals surface area contributed by atoms with E-state index in [9.17, 15) is 4.39 Å². The summed E-state index contributed by atoms with van der Waals surface area (Å²) in [5.41, 5.74) is 0.843. The Morgan fingerprint density at radius 2 is 1.90 bits per heavy atom. The molecule has 51 valence electrons. The average molecular weight is 135 g/mol. The zero-order valence-corrected chi connectivity index (χ0v) is 5.55. The van der Waals surface area contributed by atoms with Gasteiger partial charge >= 0.3 is 0 Å². The van der Waals surface area contributed by atoms with Gasteiger partial charge in [-0.2, -0.15) is 0 Å². The third-order valence-electron chi connectivity index (χ3n) is 1.12. The summed E-state index contributed by atoms with van der Waals surface area (Å²) in [4.78, 5) is 0. The Hall–Kier alpha value is -1.11. The molecule has 0 nitrogen and oxygen atoms in total. The number of allylic oxidation sites excluding steroid dienone is 1. The first-order valence-corrected chi connectivity index (χ1v) is 3.03. The van der Waals surface area contributed by atoms with Gasteiger partial charge in [0, 0.05) is 6.92 Å². The standard InChI is InChI=1S/C9H8F/c1-8(10)7-9-5-3-2-4-6-9/h2-7H,1H2. The first-order valence-electron chi connectivity index (χ1n) is 3.03. The number of benzene rings is 1. The lowest BCUT2D eigenvalue weighted by Crippen LogP contribution is -1.68. The lowest BCUT2D eigenvalue weighted by Gasteiger charge is -1.89. The third-order valence-corrected chi connectivity index (χ3v) is 1.12. The third kappa shape index (κ3) is 2.02. The fraction of sp³-hybridized carbons (Fsp3) is 0. The zero-order chi connectivity index (χ0) is 7.40. The summed E-state index contributed by atoms with van der Waals surface area (Å²) in [5.74, 6) is -0.411. The van der Waals surface area contributed by atoms with Crippen molar-refractivity contribution in [3.8, 4) is 0 Å². The van der Waals surface area contributed by atoms with Crippen molar-refractivity contribution < 1.29 is 4.39 Å². The van der Waals surface area contributed by atoms with E-state index in [0.29, 0.717) is 0 Å². The molecule has 0 aliphatic rings. The van der Waals surface area contributed by atoms with Crippen LogP contribution in [0.3, 0.4) is 0 Å². The predicted octanol–water partition coefficient (Wildman–Crippen LogP) is 2.83. The van der Waals surface area contributed by atoms with Crippen molar-refractivity contribution in [1.82, 2.24) is 0 Å². The monoisotopic (exact) mass is 135 g/mol. The number of hydrogen-bond acceptors (Lipinski definition) is 0. The molecule has 10 heavy (non-hydrogen) atoms. The highest BCUT2D eigenvalue weighted by molar-refractivity contribution is 5.51. The van der Waals surface area contributed by atoms with Crippen LogP contribution in [0.15, 0.2) is 36.2 Å². The van der Waals surface area contributed by atoms with E-state index < -0.39 is 5.83 Å². The van der Waals surface area contributed by atoms with Crippen LogP contribution in [0.5, 0.6) is 0 Å².